The van der Waals surface area contributed by atoms with Crippen molar-refractivity contribution in [2.24, 2.45) is 0 Å². The summed E-state index contributed by atoms with van der Waals surface area (Å²) in [6, 6.07) is 5.50. The summed E-state index contributed by atoms with van der Waals surface area (Å²) in [4.78, 5) is 11.8. The maximum Gasteiger partial charge on any atom is 0.350 e. The summed E-state index contributed by atoms with van der Waals surface area (Å²) in [5.74, 6) is -0.793. The Hall–Kier alpha value is -2.57. The predicted octanol–water partition coefficient (Wildman–Crippen LogP) is 2.11. The van der Waals surface area contributed by atoms with E-state index in [1.54, 1.807) is 13.2 Å². The van der Waals surface area contributed by atoms with Gasteiger partial charge in [0, 0.05) is 25.0 Å². The van der Waals surface area contributed by atoms with Crippen LogP contribution in [-0.2, 0) is 20.8 Å². The van der Waals surface area contributed by atoms with E-state index < -0.39 is 12.1 Å². The Morgan fingerprint density at radius 1 is 1.45 bits per heavy atom. The number of carbonyl (C=O) groups is 1. The van der Waals surface area contributed by atoms with Crippen molar-refractivity contribution in [2.45, 2.75) is 33.4 Å². The molecule has 1 heterocycles. The highest BCUT2D eigenvalue weighted by atomic mass is 16.5. The van der Waals surface area contributed by atoms with Gasteiger partial charge in [0.25, 0.3) is 0 Å². The fourth-order valence-corrected chi connectivity index (χ4v) is 2.04. The van der Waals surface area contributed by atoms with E-state index in [4.69, 9.17) is 20.0 Å². The third-order valence-electron chi connectivity index (χ3n) is 3.24. The monoisotopic (exact) mass is 301 g/mol. The molecule has 0 aliphatic rings. The van der Waals surface area contributed by atoms with Gasteiger partial charge in [-0.25, -0.2) is 4.79 Å². The van der Waals surface area contributed by atoms with E-state index in [9.17, 15) is 4.79 Å². The van der Waals surface area contributed by atoms with E-state index in [0.717, 1.165) is 17.0 Å². The first-order chi connectivity index (χ1) is 10.4. The highest BCUT2D eigenvalue weighted by Gasteiger charge is 2.16. The maximum absolute atomic E-state index is 11.8. The summed E-state index contributed by atoms with van der Waals surface area (Å²) in [6.07, 6.45) is 0.594. The average molecular weight is 301 g/mol. The Kier molecular flexibility index (Phi) is 6.37. The first kappa shape index (κ1) is 17.5. The van der Waals surface area contributed by atoms with Crippen molar-refractivity contribution >= 4 is 12.0 Å². The highest BCUT2D eigenvalue weighted by molar-refractivity contribution is 5.98. The van der Waals surface area contributed by atoms with Crippen LogP contribution in [0.1, 0.15) is 23.9 Å². The molecule has 116 valence electrons. The molecule has 22 heavy (non-hydrogen) atoms. The van der Waals surface area contributed by atoms with Crippen LogP contribution in [0.25, 0.3) is 6.08 Å². The largest absolute Gasteiger partial charge is 0.443 e. The molecule has 0 unspecified atom stereocenters. The van der Waals surface area contributed by atoms with Crippen molar-refractivity contribution in [2.75, 3.05) is 13.7 Å². The van der Waals surface area contributed by atoms with Crippen LogP contribution < -0.4 is 0 Å². The van der Waals surface area contributed by atoms with Gasteiger partial charge in [0.05, 0.1) is 6.61 Å². The van der Waals surface area contributed by atoms with Crippen LogP contribution in [0.5, 0.6) is 0 Å². The molecule has 1 aromatic rings. The van der Waals surface area contributed by atoms with Crippen LogP contribution in [0.4, 0.5) is 0 Å². The molecule has 1 aromatic heterocycles. The number of hydrogen-bond acceptors (Lipinski definition) is 5. The normalized spacial score (nSPS) is 12.4. The Bertz CT molecular complexity index is 659. The summed E-state index contributed by atoms with van der Waals surface area (Å²) < 4.78 is 12.0. The molecule has 6 heteroatoms. The van der Waals surface area contributed by atoms with E-state index in [-0.39, 0.29) is 5.57 Å². The summed E-state index contributed by atoms with van der Waals surface area (Å²) >= 11 is 0. The van der Waals surface area contributed by atoms with Crippen molar-refractivity contribution in [3.05, 3.63) is 28.6 Å². The second-order valence-corrected chi connectivity index (χ2v) is 4.82. The lowest BCUT2D eigenvalue weighted by atomic mass is 10.1. The van der Waals surface area contributed by atoms with Crippen molar-refractivity contribution in [3.63, 3.8) is 0 Å². The molecule has 0 fully saturated rings. The average Bonchev–Trinajstić information content (AvgIpc) is 2.76. The van der Waals surface area contributed by atoms with Crippen LogP contribution in [0.3, 0.4) is 0 Å². The lowest BCUT2D eigenvalue weighted by molar-refractivity contribution is -0.140. The van der Waals surface area contributed by atoms with Crippen molar-refractivity contribution < 1.29 is 14.3 Å². The predicted molar refractivity (Wildman–Crippen MR) is 80.5 cm³/mol. The molecule has 0 aromatic carbocycles. The van der Waals surface area contributed by atoms with Gasteiger partial charge in [0.2, 0.25) is 0 Å². The van der Waals surface area contributed by atoms with Gasteiger partial charge in [-0.1, -0.05) is 0 Å². The summed E-state index contributed by atoms with van der Waals surface area (Å²) in [5, 5.41) is 17.8. The molecule has 0 N–H and O–H groups in total. The third kappa shape index (κ3) is 4.21. The lowest BCUT2D eigenvalue weighted by Crippen LogP contribution is -2.14. The quantitative estimate of drug-likeness (QED) is 0.456. The van der Waals surface area contributed by atoms with Gasteiger partial charge >= 0.3 is 5.97 Å². The number of aryl methyl sites for hydroxylation is 1. The molecule has 6 nitrogen and oxygen atoms in total. The lowest BCUT2D eigenvalue weighted by Gasteiger charge is -2.08. The van der Waals surface area contributed by atoms with E-state index in [0.29, 0.717) is 13.2 Å². The van der Waals surface area contributed by atoms with E-state index >= 15 is 0 Å². The fraction of sp³-hybridized carbons (Fsp3) is 0.438. The van der Waals surface area contributed by atoms with Crippen LogP contribution >= 0.6 is 0 Å². The van der Waals surface area contributed by atoms with Gasteiger partial charge < -0.3 is 14.0 Å². The summed E-state index contributed by atoms with van der Waals surface area (Å²) in [7, 11) is 1.63. The fourth-order valence-electron chi connectivity index (χ4n) is 2.04. The molecule has 0 spiro atoms. The zero-order valence-corrected chi connectivity index (χ0v) is 13.2. The molecule has 0 aliphatic carbocycles. The Morgan fingerprint density at radius 3 is 2.68 bits per heavy atom. The standard InChI is InChI=1S/C16H19N3O3/c1-11-7-14(13(3)19(11)5-6-21-4)8-15(10-18)16(20)22-12(2)9-17/h7-8,12H,5-6H2,1-4H3/b15-8+/t12-/m0/s1. The molecule has 0 radical (unpaired) electrons. The number of rotatable bonds is 6. The summed E-state index contributed by atoms with van der Waals surface area (Å²) in [6.45, 7) is 6.57. The number of hydrogen-bond donors (Lipinski definition) is 0. The van der Waals surface area contributed by atoms with Gasteiger partial charge in [-0.2, -0.15) is 10.5 Å². The summed E-state index contributed by atoms with van der Waals surface area (Å²) in [5.41, 5.74) is 2.58. The molecular weight excluding hydrogens is 282 g/mol. The number of aromatic nitrogens is 1. The van der Waals surface area contributed by atoms with Crippen LogP contribution in [0, 0.1) is 36.5 Å². The van der Waals surface area contributed by atoms with E-state index in [1.165, 1.54) is 13.0 Å². The van der Waals surface area contributed by atoms with Gasteiger partial charge in [-0.15, -0.1) is 0 Å². The van der Waals surface area contributed by atoms with Gasteiger partial charge in [0.15, 0.2) is 6.10 Å². The number of esters is 1. The minimum atomic E-state index is -0.890. The van der Waals surface area contributed by atoms with Crippen molar-refractivity contribution in [1.82, 2.24) is 4.57 Å². The smallest absolute Gasteiger partial charge is 0.350 e. The second-order valence-electron chi connectivity index (χ2n) is 4.82. The first-order valence-corrected chi connectivity index (χ1v) is 6.82. The molecule has 0 saturated heterocycles. The first-order valence-electron chi connectivity index (χ1n) is 6.82. The maximum atomic E-state index is 11.8. The molecule has 0 aliphatic heterocycles. The number of carbonyl (C=O) groups excluding carboxylic acids is 1. The van der Waals surface area contributed by atoms with Crippen LogP contribution in [0.2, 0.25) is 0 Å². The minimum absolute atomic E-state index is 0.130. The number of nitrogens with zero attached hydrogens (tertiary/aromatic N) is 3. The third-order valence-corrected chi connectivity index (χ3v) is 3.24. The Balaban J connectivity index is 3.07. The van der Waals surface area contributed by atoms with Crippen molar-refractivity contribution in [1.29, 1.82) is 10.5 Å². The molecule has 0 saturated carbocycles. The minimum Gasteiger partial charge on any atom is -0.443 e. The molecule has 1 rings (SSSR count). The molecular formula is C16H19N3O3. The van der Waals surface area contributed by atoms with Crippen molar-refractivity contribution in [3.8, 4) is 12.1 Å². The number of nitriles is 2. The van der Waals surface area contributed by atoms with E-state index in [1.807, 2.05) is 30.6 Å². The van der Waals surface area contributed by atoms with Gasteiger partial charge in [0.1, 0.15) is 17.7 Å². The Morgan fingerprint density at radius 2 is 2.14 bits per heavy atom. The van der Waals surface area contributed by atoms with Crippen LogP contribution in [0.15, 0.2) is 11.6 Å². The van der Waals surface area contributed by atoms with E-state index in [2.05, 4.69) is 0 Å². The number of methoxy groups -OCH3 is 1. The van der Waals surface area contributed by atoms with Gasteiger partial charge in [-0.05, 0) is 38.5 Å². The second kappa shape index (κ2) is 8.02. The molecule has 0 amide bonds. The molecule has 1 atom stereocenters. The Labute approximate surface area is 130 Å². The number of ether oxygens (including phenoxy) is 2. The zero-order valence-electron chi connectivity index (χ0n) is 13.2. The zero-order chi connectivity index (χ0) is 16.7. The molecule has 0 bridgehead atoms. The van der Waals surface area contributed by atoms with Gasteiger partial charge in [-0.3, -0.25) is 0 Å². The van der Waals surface area contributed by atoms with Crippen LogP contribution in [-0.4, -0.2) is 30.4 Å². The highest BCUT2D eigenvalue weighted by Crippen LogP contribution is 2.18. The topological polar surface area (TPSA) is 88.0 Å². The SMILES string of the molecule is COCCn1c(C)cc(/C=C(\C#N)C(=O)O[C@@H](C)C#N)c1C.